The summed E-state index contributed by atoms with van der Waals surface area (Å²) in [5.74, 6) is 0. The highest BCUT2D eigenvalue weighted by atomic mass is 32.9. The van der Waals surface area contributed by atoms with E-state index in [1.54, 1.807) is 0 Å². The highest BCUT2D eigenvalue weighted by Crippen LogP contribution is 2.52. The highest BCUT2D eigenvalue weighted by Gasteiger charge is 2.19. The summed E-state index contributed by atoms with van der Waals surface area (Å²) >= 11 is 9.94. The van der Waals surface area contributed by atoms with Gasteiger partial charge >= 0.3 is 0 Å². The minimum atomic E-state index is -1.93. The van der Waals surface area contributed by atoms with Crippen molar-refractivity contribution in [1.82, 2.24) is 0 Å². The van der Waals surface area contributed by atoms with E-state index in [4.69, 9.17) is 25.8 Å². The van der Waals surface area contributed by atoms with E-state index in [9.17, 15) is 0 Å². The Balaban J connectivity index is 2.12. The van der Waals surface area contributed by atoms with E-state index < -0.39 is 5.47 Å². The Bertz CT molecular complexity index is 291. The lowest BCUT2D eigenvalue weighted by Crippen LogP contribution is -2.37. The molecule has 0 amide bonds. The molecule has 1 saturated heterocycles. The molecule has 0 aromatic rings. The van der Waals surface area contributed by atoms with Crippen molar-refractivity contribution in [2.45, 2.75) is 19.1 Å². The molecule has 1 fully saturated rings. The van der Waals surface area contributed by atoms with E-state index >= 15 is 0 Å². The first kappa shape index (κ1) is 16.9. The van der Waals surface area contributed by atoms with Crippen molar-refractivity contribution in [2.24, 2.45) is 0 Å². The first-order valence-corrected chi connectivity index (χ1v) is 10.3. The van der Waals surface area contributed by atoms with Crippen LogP contribution in [-0.2, 0) is 25.8 Å². The molecule has 0 aliphatic carbocycles. The van der Waals surface area contributed by atoms with Crippen LogP contribution in [0, 0.1) is 0 Å². The van der Waals surface area contributed by atoms with Crippen molar-refractivity contribution in [1.29, 1.82) is 0 Å². The summed E-state index contributed by atoms with van der Waals surface area (Å²) in [5.41, 5.74) is -1.93. The largest absolute Gasteiger partial charge is 0.350 e. The topological polar surface area (TPSA) is 27.7 Å². The van der Waals surface area contributed by atoms with Crippen molar-refractivity contribution < 1.29 is 18.5 Å². The van der Waals surface area contributed by atoms with E-state index in [-0.39, 0.29) is 6.29 Å². The van der Waals surface area contributed by atoms with Crippen LogP contribution in [0.3, 0.4) is 0 Å². The highest BCUT2D eigenvalue weighted by molar-refractivity contribution is 8.61. The van der Waals surface area contributed by atoms with Crippen LogP contribution < -0.4 is 0 Å². The summed E-state index contributed by atoms with van der Waals surface area (Å²) < 4.78 is 17.4. The van der Waals surface area contributed by atoms with E-state index in [1.807, 2.05) is 0 Å². The first-order chi connectivity index (χ1) is 8.29. The van der Waals surface area contributed by atoms with Crippen LogP contribution in [0.1, 0.15) is 12.8 Å². The lowest BCUT2D eigenvalue weighted by molar-refractivity contribution is -0.870. The Morgan fingerprint density at radius 2 is 1.94 bits per heavy atom. The molecule has 0 N–H and O–H groups in total. The van der Waals surface area contributed by atoms with Crippen molar-refractivity contribution in [3.8, 4) is 0 Å². The molecule has 1 unspecified atom stereocenters. The van der Waals surface area contributed by atoms with Gasteiger partial charge in [-0.25, -0.2) is 0 Å². The monoisotopic (exact) mass is 314 g/mol. The number of hydrogen-bond donors (Lipinski definition) is 1. The first-order valence-electron chi connectivity index (χ1n) is 6.28. The molecule has 1 heterocycles. The lowest BCUT2D eigenvalue weighted by atomic mass is 10.3. The number of thiol groups is 1. The van der Waals surface area contributed by atoms with E-state index in [0.29, 0.717) is 19.8 Å². The van der Waals surface area contributed by atoms with Crippen LogP contribution in [0.25, 0.3) is 0 Å². The fourth-order valence-electron chi connectivity index (χ4n) is 1.55. The molecule has 7 heteroatoms. The smallest absolute Gasteiger partial charge is 0.157 e. The quantitative estimate of drug-likeness (QED) is 0.422. The molecular weight excluding hydrogens is 289 g/mol. The summed E-state index contributed by atoms with van der Waals surface area (Å²) in [6.07, 6.45) is 2.64. The molecule has 0 aromatic heterocycles. The van der Waals surface area contributed by atoms with Gasteiger partial charge in [-0.1, -0.05) is 11.8 Å². The SMILES string of the molecule is C[N+](C)(C)CCOP(=S)(S)CCCC1OCCO1. The van der Waals surface area contributed by atoms with E-state index in [2.05, 4.69) is 33.4 Å². The molecule has 18 heavy (non-hydrogen) atoms. The maximum Gasteiger partial charge on any atom is 0.157 e. The standard InChI is InChI=1S/C11H24NO3PS2/c1-12(2,3)6-7-15-16(17,18)10-4-5-11-13-8-9-14-11/h11H,4-10H2,1-3H3/p+1. The van der Waals surface area contributed by atoms with Gasteiger partial charge in [0.05, 0.1) is 34.4 Å². The average Bonchev–Trinajstić information content (AvgIpc) is 2.67. The number of ether oxygens (including phenoxy) is 2. The minimum Gasteiger partial charge on any atom is -0.350 e. The molecule has 1 aliphatic rings. The zero-order chi connectivity index (χ0) is 13.6. The molecule has 1 rings (SSSR count). The fourth-order valence-corrected chi connectivity index (χ4v) is 3.91. The van der Waals surface area contributed by atoms with Gasteiger partial charge in [-0.05, 0) is 12.8 Å². The number of quaternary nitrogens is 1. The van der Waals surface area contributed by atoms with Gasteiger partial charge in [-0.15, -0.1) is 12.2 Å². The molecule has 0 bridgehead atoms. The van der Waals surface area contributed by atoms with Crippen LogP contribution in [-0.4, -0.2) is 64.4 Å². The maximum atomic E-state index is 5.76. The van der Waals surface area contributed by atoms with E-state index in [1.165, 1.54) is 0 Å². The van der Waals surface area contributed by atoms with Gasteiger partial charge in [-0.2, -0.15) is 0 Å². The summed E-state index contributed by atoms with van der Waals surface area (Å²) in [6.45, 7) is 3.05. The Morgan fingerprint density at radius 3 is 2.50 bits per heavy atom. The van der Waals surface area contributed by atoms with Crippen molar-refractivity contribution in [3.63, 3.8) is 0 Å². The van der Waals surface area contributed by atoms with Gasteiger partial charge in [0.1, 0.15) is 18.6 Å². The Kier molecular flexibility index (Phi) is 7.11. The predicted molar refractivity (Wildman–Crippen MR) is 81.9 cm³/mol. The molecule has 1 aliphatic heterocycles. The molecular formula is C11H25NO3PS2+. The van der Waals surface area contributed by atoms with Crippen molar-refractivity contribution in [2.75, 3.05) is 53.7 Å². The van der Waals surface area contributed by atoms with Crippen LogP contribution in [0.4, 0.5) is 0 Å². The second-order valence-corrected chi connectivity index (χ2v) is 12.0. The lowest BCUT2D eigenvalue weighted by Gasteiger charge is -2.25. The molecule has 0 saturated carbocycles. The van der Waals surface area contributed by atoms with Gasteiger partial charge in [0.15, 0.2) is 6.29 Å². The summed E-state index contributed by atoms with van der Waals surface area (Å²) in [4.78, 5) is 0. The summed E-state index contributed by atoms with van der Waals surface area (Å²) in [6, 6.07) is 0. The average molecular weight is 314 g/mol. The van der Waals surface area contributed by atoms with Gasteiger partial charge < -0.3 is 18.5 Å². The third-order valence-corrected chi connectivity index (χ3v) is 5.90. The number of rotatable bonds is 8. The van der Waals surface area contributed by atoms with Gasteiger partial charge in [0, 0.05) is 6.16 Å². The third-order valence-electron chi connectivity index (χ3n) is 2.63. The number of likely N-dealkylation sites (N-methyl/N-ethyl adjacent to an activating group) is 1. The second kappa shape index (κ2) is 7.58. The maximum absolute atomic E-state index is 5.76. The van der Waals surface area contributed by atoms with Crippen molar-refractivity contribution >= 4 is 29.5 Å². The number of hydrogen-bond acceptors (Lipinski definition) is 4. The zero-order valence-electron chi connectivity index (χ0n) is 11.5. The normalized spacial score (nSPS) is 21.1. The molecule has 108 valence electrons. The van der Waals surface area contributed by atoms with Crippen LogP contribution in [0.2, 0.25) is 0 Å². The minimum absolute atomic E-state index is 0.0421. The summed E-state index contributed by atoms with van der Waals surface area (Å²) in [7, 11) is 6.42. The van der Waals surface area contributed by atoms with Gasteiger partial charge in [-0.3, -0.25) is 0 Å². The van der Waals surface area contributed by atoms with Crippen molar-refractivity contribution in [3.05, 3.63) is 0 Å². The predicted octanol–water partition coefficient (Wildman–Crippen LogP) is 2.10. The Labute approximate surface area is 121 Å². The van der Waals surface area contributed by atoms with Crippen LogP contribution in [0.5, 0.6) is 0 Å². The molecule has 4 nitrogen and oxygen atoms in total. The van der Waals surface area contributed by atoms with Crippen LogP contribution >= 0.6 is 17.7 Å². The Morgan fingerprint density at radius 1 is 1.33 bits per heavy atom. The van der Waals surface area contributed by atoms with Crippen LogP contribution in [0.15, 0.2) is 0 Å². The Hall–Kier alpha value is 0.840. The zero-order valence-corrected chi connectivity index (χ0v) is 14.1. The molecule has 0 spiro atoms. The second-order valence-electron chi connectivity index (χ2n) is 5.52. The van der Waals surface area contributed by atoms with Gasteiger partial charge in [0.2, 0.25) is 0 Å². The summed E-state index contributed by atoms with van der Waals surface area (Å²) in [5, 5.41) is 0. The fraction of sp³-hybridized carbons (Fsp3) is 1.00. The third kappa shape index (κ3) is 8.10. The van der Waals surface area contributed by atoms with E-state index in [0.717, 1.165) is 30.0 Å². The molecule has 0 radical (unpaired) electrons. The molecule has 1 atom stereocenters. The molecule has 0 aromatic carbocycles. The number of nitrogens with zero attached hydrogens (tertiary/aromatic N) is 1. The van der Waals surface area contributed by atoms with Gasteiger partial charge in [0.25, 0.3) is 0 Å².